The van der Waals surface area contributed by atoms with Gasteiger partial charge in [0, 0.05) is 42.9 Å². The summed E-state index contributed by atoms with van der Waals surface area (Å²) in [5.41, 5.74) is 0.290. The van der Waals surface area contributed by atoms with Gasteiger partial charge in [0.15, 0.2) is 0 Å². The van der Waals surface area contributed by atoms with E-state index in [4.69, 9.17) is 0 Å². The topological polar surface area (TPSA) is 104 Å². The minimum Gasteiger partial charge on any atom is -0.396 e. The van der Waals surface area contributed by atoms with Gasteiger partial charge in [0.05, 0.1) is 23.7 Å². The number of benzene rings is 1. The van der Waals surface area contributed by atoms with Crippen molar-refractivity contribution in [2.75, 3.05) is 18.5 Å². The van der Waals surface area contributed by atoms with Gasteiger partial charge in [-0.3, -0.25) is 9.59 Å². The van der Waals surface area contributed by atoms with Gasteiger partial charge in [-0.2, -0.15) is 0 Å². The third-order valence-corrected chi connectivity index (χ3v) is 6.48. The van der Waals surface area contributed by atoms with E-state index < -0.39 is 48.2 Å². The summed E-state index contributed by atoms with van der Waals surface area (Å²) in [6, 6.07) is 3.67. The number of urea groups is 1. The van der Waals surface area contributed by atoms with Crippen LogP contribution in [0, 0.1) is 23.5 Å². The SMILES string of the molecule is C/C=C/c1ccc2n(c1=O)C[C@@H]1[C@@H](CO)[C@H](C(=O)NCC)[C@H]2N1C(=O)Nc1cc(F)ccc1F. The first kappa shape index (κ1) is 23.6. The smallest absolute Gasteiger partial charge is 0.322 e. The van der Waals surface area contributed by atoms with Crippen LogP contribution in [-0.2, 0) is 11.3 Å². The van der Waals surface area contributed by atoms with E-state index >= 15 is 0 Å². The summed E-state index contributed by atoms with van der Waals surface area (Å²) in [6.07, 6.45) is 3.41. The Bertz CT molecular complexity index is 1210. The normalized spacial score (nSPS) is 23.1. The van der Waals surface area contributed by atoms with Crippen molar-refractivity contribution in [3.63, 3.8) is 0 Å². The molecule has 10 heteroatoms. The molecule has 1 aromatic heterocycles. The highest BCUT2D eigenvalue weighted by Crippen LogP contribution is 2.48. The summed E-state index contributed by atoms with van der Waals surface area (Å²) >= 11 is 0. The highest BCUT2D eigenvalue weighted by Gasteiger charge is 2.57. The van der Waals surface area contributed by atoms with Gasteiger partial charge in [0.2, 0.25) is 5.91 Å². The maximum absolute atomic E-state index is 14.2. The lowest BCUT2D eigenvalue weighted by molar-refractivity contribution is -0.127. The van der Waals surface area contributed by atoms with Crippen molar-refractivity contribution in [2.24, 2.45) is 11.8 Å². The van der Waals surface area contributed by atoms with E-state index in [-0.39, 0.29) is 23.7 Å². The van der Waals surface area contributed by atoms with Crippen LogP contribution in [0.4, 0.5) is 19.3 Å². The largest absolute Gasteiger partial charge is 0.396 e. The van der Waals surface area contributed by atoms with E-state index in [0.29, 0.717) is 17.8 Å². The van der Waals surface area contributed by atoms with Crippen LogP contribution in [0.15, 0.2) is 41.2 Å². The number of fused-ring (bicyclic) bond motifs is 4. The van der Waals surface area contributed by atoms with Crippen molar-refractivity contribution >= 4 is 23.7 Å². The molecule has 3 heterocycles. The van der Waals surface area contributed by atoms with Gasteiger partial charge < -0.3 is 25.2 Å². The van der Waals surface area contributed by atoms with E-state index in [9.17, 15) is 28.3 Å². The number of hydrogen-bond acceptors (Lipinski definition) is 4. The van der Waals surface area contributed by atoms with Crippen LogP contribution in [-0.4, -0.2) is 45.7 Å². The Morgan fingerprint density at radius 1 is 1.24 bits per heavy atom. The average Bonchev–Trinajstić information content (AvgIpc) is 3.05. The highest BCUT2D eigenvalue weighted by atomic mass is 19.1. The van der Waals surface area contributed by atoms with E-state index in [1.54, 1.807) is 38.1 Å². The molecule has 0 saturated carbocycles. The maximum Gasteiger partial charge on any atom is 0.322 e. The van der Waals surface area contributed by atoms with E-state index in [0.717, 1.165) is 18.2 Å². The molecule has 2 bridgehead atoms. The van der Waals surface area contributed by atoms with E-state index in [1.165, 1.54) is 9.47 Å². The molecule has 2 aliphatic heterocycles. The highest BCUT2D eigenvalue weighted by molar-refractivity contribution is 5.92. The van der Waals surface area contributed by atoms with Gasteiger partial charge in [-0.05, 0) is 38.1 Å². The van der Waals surface area contributed by atoms with Crippen molar-refractivity contribution in [3.05, 3.63) is 69.7 Å². The maximum atomic E-state index is 14.2. The zero-order valence-corrected chi connectivity index (χ0v) is 18.8. The van der Waals surface area contributed by atoms with Gasteiger partial charge in [0.25, 0.3) is 5.56 Å². The number of hydrogen-bond donors (Lipinski definition) is 3. The molecule has 34 heavy (non-hydrogen) atoms. The quantitative estimate of drug-likeness (QED) is 0.622. The van der Waals surface area contributed by atoms with Crippen LogP contribution >= 0.6 is 0 Å². The summed E-state index contributed by atoms with van der Waals surface area (Å²) < 4.78 is 29.4. The summed E-state index contributed by atoms with van der Waals surface area (Å²) in [4.78, 5) is 40.9. The molecular weight excluding hydrogens is 446 g/mol. The molecule has 2 aliphatic rings. The number of nitrogens with zero attached hydrogens (tertiary/aromatic N) is 2. The predicted octanol–water partition coefficient (Wildman–Crippen LogP) is 2.49. The molecule has 0 radical (unpaired) electrons. The first-order valence-corrected chi connectivity index (χ1v) is 11.1. The van der Waals surface area contributed by atoms with Crippen LogP contribution in [0.2, 0.25) is 0 Å². The number of carbonyl (C=O) groups is 2. The lowest BCUT2D eigenvalue weighted by Gasteiger charge is -2.38. The predicted molar refractivity (Wildman–Crippen MR) is 122 cm³/mol. The fraction of sp³-hybridized carbons (Fsp3) is 0.375. The van der Waals surface area contributed by atoms with Crippen LogP contribution in [0.1, 0.15) is 31.1 Å². The Hall–Kier alpha value is -3.53. The first-order valence-electron chi connectivity index (χ1n) is 11.1. The molecule has 8 nitrogen and oxygen atoms in total. The summed E-state index contributed by atoms with van der Waals surface area (Å²) in [5.74, 6) is -3.39. The van der Waals surface area contributed by atoms with Crippen LogP contribution in [0.5, 0.6) is 0 Å². The van der Waals surface area contributed by atoms with Gasteiger partial charge >= 0.3 is 6.03 Å². The second kappa shape index (κ2) is 9.38. The molecule has 4 atom stereocenters. The van der Waals surface area contributed by atoms with E-state index in [1.807, 2.05) is 0 Å². The number of allylic oxidation sites excluding steroid dienone is 1. The molecule has 180 valence electrons. The second-order valence-electron chi connectivity index (χ2n) is 8.37. The molecule has 0 aliphatic carbocycles. The first-order chi connectivity index (χ1) is 16.3. The number of halogens is 2. The number of aliphatic hydroxyl groups is 1. The Balaban J connectivity index is 1.82. The monoisotopic (exact) mass is 472 g/mol. The number of amides is 3. The molecule has 1 aromatic carbocycles. The minimum atomic E-state index is -0.883. The third kappa shape index (κ3) is 3.87. The minimum absolute atomic E-state index is 0.0518. The molecule has 0 spiro atoms. The lowest BCUT2D eigenvalue weighted by Crippen LogP contribution is -2.50. The van der Waals surface area contributed by atoms with Crippen molar-refractivity contribution < 1.29 is 23.5 Å². The Labute approximate surface area is 194 Å². The summed E-state index contributed by atoms with van der Waals surface area (Å²) in [6.45, 7) is 3.55. The molecule has 3 amide bonds. The fourth-order valence-electron chi connectivity index (χ4n) is 5.07. The molecule has 2 aromatic rings. The van der Waals surface area contributed by atoms with Crippen molar-refractivity contribution in [3.8, 4) is 0 Å². The average molecular weight is 472 g/mol. The van der Waals surface area contributed by atoms with Crippen molar-refractivity contribution in [1.82, 2.24) is 14.8 Å². The van der Waals surface area contributed by atoms with Crippen LogP contribution in [0.25, 0.3) is 6.08 Å². The summed E-state index contributed by atoms with van der Waals surface area (Å²) in [5, 5.41) is 15.4. The third-order valence-electron chi connectivity index (χ3n) is 6.48. The van der Waals surface area contributed by atoms with Crippen LogP contribution in [0.3, 0.4) is 0 Å². The second-order valence-corrected chi connectivity index (χ2v) is 8.37. The van der Waals surface area contributed by atoms with Gasteiger partial charge in [-0.15, -0.1) is 0 Å². The number of aromatic nitrogens is 1. The zero-order chi connectivity index (χ0) is 24.6. The zero-order valence-electron chi connectivity index (χ0n) is 18.8. The lowest BCUT2D eigenvalue weighted by atomic mass is 9.86. The van der Waals surface area contributed by atoms with Crippen molar-refractivity contribution in [2.45, 2.75) is 32.5 Å². The van der Waals surface area contributed by atoms with Crippen molar-refractivity contribution in [1.29, 1.82) is 0 Å². The molecule has 3 N–H and O–H groups in total. The number of pyridine rings is 1. The molecule has 4 rings (SSSR count). The van der Waals surface area contributed by atoms with Gasteiger partial charge in [0.1, 0.15) is 11.6 Å². The molecule has 1 fully saturated rings. The molecular formula is C24H26F2N4O4. The number of aliphatic hydroxyl groups excluding tert-OH is 1. The number of rotatable bonds is 5. The Kier molecular flexibility index (Phi) is 6.52. The Morgan fingerprint density at radius 3 is 2.68 bits per heavy atom. The Morgan fingerprint density at radius 2 is 2.00 bits per heavy atom. The van der Waals surface area contributed by atoms with Crippen LogP contribution < -0.4 is 16.2 Å². The summed E-state index contributed by atoms with van der Waals surface area (Å²) in [7, 11) is 0. The molecule has 1 saturated heterocycles. The molecule has 0 unspecified atom stereocenters. The fourth-order valence-corrected chi connectivity index (χ4v) is 5.07. The van der Waals surface area contributed by atoms with E-state index in [2.05, 4.69) is 10.6 Å². The van der Waals surface area contributed by atoms with Gasteiger partial charge in [-0.1, -0.05) is 12.2 Å². The standard InChI is InChI=1S/C24H26F2N4O4/c1-3-5-13-6-9-18-21-20(22(32)27-4-2)15(12-31)19(11-29(18)23(13)33)30(21)24(34)28-17-10-14(25)7-8-16(17)26/h3,5-10,15,19-21,31H,4,11-12H2,1-2H3,(H,27,32)(H,28,34)/b5-3+/t15-,19-,20+,21+/m1/s1. The number of anilines is 1. The number of carbonyl (C=O) groups excluding carboxylic acids is 2. The number of nitrogens with one attached hydrogen (secondary N) is 2. The van der Waals surface area contributed by atoms with Gasteiger partial charge in [-0.25, -0.2) is 13.6 Å².